The van der Waals surface area contributed by atoms with E-state index in [1.54, 1.807) is 6.20 Å². The van der Waals surface area contributed by atoms with Crippen molar-refractivity contribution in [3.63, 3.8) is 0 Å². The van der Waals surface area contributed by atoms with Crippen molar-refractivity contribution in [3.05, 3.63) is 18.3 Å². The average molecular weight is 290 g/mol. The number of anilines is 1. The Morgan fingerprint density at radius 2 is 2.19 bits per heavy atom. The van der Waals surface area contributed by atoms with Gasteiger partial charge in [-0.15, -0.1) is 0 Å². The van der Waals surface area contributed by atoms with Crippen molar-refractivity contribution in [1.82, 2.24) is 4.98 Å². The normalized spacial score (nSPS) is 23.9. The van der Waals surface area contributed by atoms with Crippen molar-refractivity contribution in [3.8, 4) is 5.88 Å². The standard InChI is InChI=1S/C17H26N2O2/c1-13(2)20-16-15(6-5-11-18-16)19-12-14-7-10-17(21-14)8-3-4-9-17/h5-6,11,13-14,19H,3-4,7-10,12H2,1-2H3. The van der Waals surface area contributed by atoms with Crippen LogP contribution in [0.25, 0.3) is 0 Å². The van der Waals surface area contributed by atoms with Crippen molar-refractivity contribution in [2.45, 2.75) is 70.2 Å². The molecule has 1 aromatic rings. The second kappa shape index (κ2) is 6.22. The Morgan fingerprint density at radius 1 is 1.38 bits per heavy atom. The minimum atomic E-state index is 0.130. The lowest BCUT2D eigenvalue weighted by Crippen LogP contribution is -2.28. The summed E-state index contributed by atoms with van der Waals surface area (Å²) in [4.78, 5) is 4.31. The highest BCUT2D eigenvalue weighted by Gasteiger charge is 2.41. The van der Waals surface area contributed by atoms with Gasteiger partial charge in [-0.05, 0) is 51.7 Å². The van der Waals surface area contributed by atoms with Crippen molar-refractivity contribution < 1.29 is 9.47 Å². The predicted octanol–water partition coefficient (Wildman–Crippen LogP) is 3.77. The zero-order valence-electron chi connectivity index (χ0n) is 13.1. The Labute approximate surface area is 127 Å². The van der Waals surface area contributed by atoms with Crippen LogP contribution in [-0.4, -0.2) is 29.3 Å². The topological polar surface area (TPSA) is 43.4 Å². The lowest BCUT2D eigenvalue weighted by atomic mass is 9.98. The summed E-state index contributed by atoms with van der Waals surface area (Å²) in [6.07, 6.45) is 9.75. The molecule has 116 valence electrons. The van der Waals surface area contributed by atoms with Gasteiger partial charge in [-0.3, -0.25) is 0 Å². The van der Waals surface area contributed by atoms with Crippen LogP contribution in [0.4, 0.5) is 5.69 Å². The first-order valence-corrected chi connectivity index (χ1v) is 8.20. The predicted molar refractivity (Wildman–Crippen MR) is 83.8 cm³/mol. The molecule has 2 aliphatic rings. The molecule has 3 rings (SSSR count). The van der Waals surface area contributed by atoms with E-state index in [4.69, 9.17) is 9.47 Å². The van der Waals surface area contributed by atoms with E-state index in [1.807, 2.05) is 26.0 Å². The largest absolute Gasteiger partial charge is 0.473 e. The first-order chi connectivity index (χ1) is 10.2. The minimum Gasteiger partial charge on any atom is -0.473 e. The zero-order valence-corrected chi connectivity index (χ0v) is 13.1. The third-order valence-corrected chi connectivity index (χ3v) is 4.49. The monoisotopic (exact) mass is 290 g/mol. The SMILES string of the molecule is CC(C)Oc1ncccc1NCC1CCC2(CCCC2)O1. The van der Waals surface area contributed by atoms with E-state index in [0.29, 0.717) is 12.0 Å². The summed E-state index contributed by atoms with van der Waals surface area (Å²) in [5, 5.41) is 3.45. The molecule has 1 aromatic heterocycles. The van der Waals surface area contributed by atoms with Gasteiger partial charge in [0, 0.05) is 12.7 Å². The molecule has 1 atom stereocenters. The molecule has 1 saturated heterocycles. The van der Waals surface area contributed by atoms with Gasteiger partial charge in [-0.2, -0.15) is 0 Å². The van der Waals surface area contributed by atoms with Crippen molar-refractivity contribution in [2.75, 3.05) is 11.9 Å². The molecule has 0 radical (unpaired) electrons. The Kier molecular flexibility index (Phi) is 4.34. The first-order valence-electron chi connectivity index (χ1n) is 8.20. The van der Waals surface area contributed by atoms with Crippen LogP contribution in [0.2, 0.25) is 0 Å². The highest BCUT2D eigenvalue weighted by atomic mass is 16.5. The summed E-state index contributed by atoms with van der Waals surface area (Å²) in [5.74, 6) is 0.682. The van der Waals surface area contributed by atoms with E-state index in [9.17, 15) is 0 Å². The lowest BCUT2D eigenvalue weighted by Gasteiger charge is -2.24. The van der Waals surface area contributed by atoms with Gasteiger partial charge >= 0.3 is 0 Å². The van der Waals surface area contributed by atoms with Gasteiger partial charge in [-0.25, -0.2) is 4.98 Å². The average Bonchev–Trinajstić information content (AvgIpc) is 3.08. The molecule has 21 heavy (non-hydrogen) atoms. The first kappa shape index (κ1) is 14.6. The number of ether oxygens (including phenoxy) is 2. The maximum absolute atomic E-state index is 6.33. The van der Waals surface area contributed by atoms with Gasteiger partial charge in [0.1, 0.15) is 0 Å². The fraction of sp³-hybridized carbons (Fsp3) is 0.706. The quantitative estimate of drug-likeness (QED) is 0.896. The van der Waals surface area contributed by atoms with Gasteiger partial charge in [-0.1, -0.05) is 12.8 Å². The third-order valence-electron chi connectivity index (χ3n) is 4.49. The Morgan fingerprint density at radius 3 is 2.95 bits per heavy atom. The number of pyridine rings is 1. The molecule has 1 unspecified atom stereocenters. The smallest absolute Gasteiger partial charge is 0.237 e. The number of hydrogen-bond donors (Lipinski definition) is 1. The fourth-order valence-corrected chi connectivity index (χ4v) is 3.49. The molecule has 2 fully saturated rings. The minimum absolute atomic E-state index is 0.130. The number of hydrogen-bond acceptors (Lipinski definition) is 4. The van der Waals surface area contributed by atoms with Gasteiger partial charge in [0.15, 0.2) is 0 Å². The Hall–Kier alpha value is -1.29. The summed E-state index contributed by atoms with van der Waals surface area (Å²) in [6.45, 7) is 4.87. The van der Waals surface area contributed by atoms with Crippen LogP contribution in [0.15, 0.2) is 18.3 Å². The molecular formula is C17H26N2O2. The number of rotatable bonds is 5. The summed E-state index contributed by atoms with van der Waals surface area (Å²) < 4.78 is 12.1. The molecule has 4 heteroatoms. The molecule has 1 aliphatic carbocycles. The molecular weight excluding hydrogens is 264 g/mol. The summed E-state index contributed by atoms with van der Waals surface area (Å²) in [6, 6.07) is 3.95. The Balaban J connectivity index is 1.56. The van der Waals surface area contributed by atoms with E-state index in [-0.39, 0.29) is 11.7 Å². The van der Waals surface area contributed by atoms with Gasteiger partial charge in [0.25, 0.3) is 0 Å². The lowest BCUT2D eigenvalue weighted by molar-refractivity contribution is -0.0307. The fourth-order valence-electron chi connectivity index (χ4n) is 3.49. The summed E-state index contributed by atoms with van der Waals surface area (Å²) >= 11 is 0. The van der Waals surface area contributed by atoms with E-state index in [0.717, 1.165) is 18.7 Å². The van der Waals surface area contributed by atoms with E-state index in [2.05, 4.69) is 10.3 Å². The van der Waals surface area contributed by atoms with Crippen molar-refractivity contribution in [1.29, 1.82) is 0 Å². The maximum atomic E-state index is 6.33. The third kappa shape index (κ3) is 3.49. The van der Waals surface area contributed by atoms with E-state index < -0.39 is 0 Å². The zero-order chi connectivity index (χ0) is 14.7. The molecule has 0 amide bonds. The Bertz CT molecular complexity index is 470. The highest BCUT2D eigenvalue weighted by molar-refractivity contribution is 5.52. The van der Waals surface area contributed by atoms with E-state index >= 15 is 0 Å². The number of nitrogens with zero attached hydrogens (tertiary/aromatic N) is 1. The van der Waals surface area contributed by atoms with Crippen LogP contribution in [0.5, 0.6) is 5.88 Å². The summed E-state index contributed by atoms with van der Waals surface area (Å²) in [5.41, 5.74) is 1.17. The van der Waals surface area contributed by atoms with Crippen LogP contribution >= 0.6 is 0 Å². The molecule has 1 saturated carbocycles. The van der Waals surface area contributed by atoms with E-state index in [1.165, 1.54) is 32.1 Å². The van der Waals surface area contributed by atoms with Crippen LogP contribution in [-0.2, 0) is 4.74 Å². The summed E-state index contributed by atoms with van der Waals surface area (Å²) in [7, 11) is 0. The van der Waals surface area contributed by atoms with Crippen LogP contribution < -0.4 is 10.1 Å². The van der Waals surface area contributed by atoms with Crippen molar-refractivity contribution >= 4 is 5.69 Å². The molecule has 1 N–H and O–H groups in total. The molecule has 0 aromatic carbocycles. The second-order valence-corrected chi connectivity index (χ2v) is 6.57. The van der Waals surface area contributed by atoms with Gasteiger partial charge in [0.2, 0.25) is 5.88 Å². The van der Waals surface area contributed by atoms with Gasteiger partial charge < -0.3 is 14.8 Å². The second-order valence-electron chi connectivity index (χ2n) is 6.57. The van der Waals surface area contributed by atoms with Crippen LogP contribution in [0, 0.1) is 0 Å². The molecule has 1 aliphatic heterocycles. The molecule has 2 heterocycles. The van der Waals surface area contributed by atoms with Crippen LogP contribution in [0.1, 0.15) is 52.4 Å². The van der Waals surface area contributed by atoms with Gasteiger partial charge in [0.05, 0.1) is 23.5 Å². The molecule has 1 spiro atoms. The highest BCUT2D eigenvalue weighted by Crippen LogP contribution is 2.43. The number of aromatic nitrogens is 1. The molecule has 0 bridgehead atoms. The molecule has 4 nitrogen and oxygen atoms in total. The van der Waals surface area contributed by atoms with Crippen LogP contribution in [0.3, 0.4) is 0 Å². The number of nitrogens with one attached hydrogen (secondary N) is 1. The van der Waals surface area contributed by atoms with Crippen molar-refractivity contribution in [2.24, 2.45) is 0 Å². The maximum Gasteiger partial charge on any atom is 0.237 e.